The molecule has 2 aromatic heterocycles. The van der Waals surface area contributed by atoms with E-state index < -0.39 is 0 Å². The summed E-state index contributed by atoms with van der Waals surface area (Å²) in [6, 6.07) is 9.33. The van der Waals surface area contributed by atoms with Crippen molar-refractivity contribution in [3.63, 3.8) is 0 Å². The number of hydrogen-bond donors (Lipinski definition) is 0. The molecule has 0 bridgehead atoms. The van der Waals surface area contributed by atoms with Crippen molar-refractivity contribution in [1.29, 1.82) is 0 Å². The Balaban J connectivity index is 1.47. The van der Waals surface area contributed by atoms with Gasteiger partial charge < -0.3 is 9.42 Å². The lowest BCUT2D eigenvalue weighted by Gasteiger charge is -2.32. The molecule has 7 heteroatoms. The molecular formula is C21H23N5O2. The number of rotatable bonds is 4. The fourth-order valence-corrected chi connectivity index (χ4v) is 3.48. The standard InChI is InChI=1S/C21H23N5O2/c1-14(2)20-24-19(25-28-20)15-5-7-16(8-6-15)21(27)26-11-3-4-17(12-26)18-9-10-22-13-23-18/h5-10,13-14,17H,3-4,11-12H2,1-2H3/t17-/m1/s1. The smallest absolute Gasteiger partial charge is 0.253 e. The highest BCUT2D eigenvalue weighted by molar-refractivity contribution is 5.94. The van der Waals surface area contributed by atoms with Crippen LogP contribution in [0.25, 0.3) is 11.4 Å². The molecule has 0 saturated carbocycles. The molecule has 3 heterocycles. The van der Waals surface area contributed by atoms with Gasteiger partial charge in [-0.2, -0.15) is 4.98 Å². The van der Waals surface area contributed by atoms with E-state index in [4.69, 9.17) is 4.52 Å². The van der Waals surface area contributed by atoms with Gasteiger partial charge in [0.25, 0.3) is 5.91 Å². The Labute approximate surface area is 163 Å². The van der Waals surface area contributed by atoms with E-state index in [1.165, 1.54) is 0 Å². The van der Waals surface area contributed by atoms with E-state index in [-0.39, 0.29) is 17.7 Å². The Bertz CT molecular complexity index is 937. The van der Waals surface area contributed by atoms with Crippen molar-refractivity contribution in [3.05, 3.63) is 60.0 Å². The Morgan fingerprint density at radius 3 is 2.71 bits per heavy atom. The number of likely N-dealkylation sites (tertiary alicyclic amines) is 1. The summed E-state index contributed by atoms with van der Waals surface area (Å²) in [5, 5.41) is 4.02. The zero-order valence-corrected chi connectivity index (χ0v) is 16.1. The van der Waals surface area contributed by atoms with Crippen LogP contribution >= 0.6 is 0 Å². The van der Waals surface area contributed by atoms with E-state index in [1.807, 2.05) is 49.1 Å². The van der Waals surface area contributed by atoms with Gasteiger partial charge >= 0.3 is 0 Å². The Kier molecular flexibility index (Phi) is 5.14. The molecule has 1 amide bonds. The second-order valence-electron chi connectivity index (χ2n) is 7.41. The maximum absolute atomic E-state index is 13.0. The summed E-state index contributed by atoms with van der Waals surface area (Å²) in [7, 11) is 0. The summed E-state index contributed by atoms with van der Waals surface area (Å²) in [4.78, 5) is 27.6. The van der Waals surface area contributed by atoms with Crippen molar-refractivity contribution in [2.24, 2.45) is 0 Å². The lowest BCUT2D eigenvalue weighted by molar-refractivity contribution is 0.0706. The van der Waals surface area contributed by atoms with Crippen LogP contribution in [0.15, 0.2) is 47.4 Å². The number of benzene rings is 1. The third kappa shape index (κ3) is 3.78. The number of carbonyl (C=O) groups excluding carboxylic acids is 1. The zero-order valence-electron chi connectivity index (χ0n) is 16.1. The van der Waals surface area contributed by atoms with Crippen LogP contribution in [0, 0.1) is 0 Å². The monoisotopic (exact) mass is 377 g/mol. The number of piperidine rings is 1. The first-order valence-corrected chi connectivity index (χ1v) is 9.61. The molecule has 4 rings (SSSR count). The first-order chi connectivity index (χ1) is 13.6. The predicted octanol–water partition coefficient (Wildman–Crippen LogP) is 3.67. The molecule has 0 spiro atoms. The van der Waals surface area contributed by atoms with Gasteiger partial charge in [-0.05, 0) is 31.0 Å². The normalized spacial score (nSPS) is 17.1. The summed E-state index contributed by atoms with van der Waals surface area (Å²) >= 11 is 0. The van der Waals surface area contributed by atoms with Crippen LogP contribution in [0.4, 0.5) is 0 Å². The van der Waals surface area contributed by atoms with E-state index in [2.05, 4.69) is 20.1 Å². The highest BCUT2D eigenvalue weighted by atomic mass is 16.5. The minimum absolute atomic E-state index is 0.0429. The van der Waals surface area contributed by atoms with Crippen LogP contribution < -0.4 is 0 Å². The molecule has 0 aliphatic carbocycles. The Hall–Kier alpha value is -3.09. The molecule has 1 fully saturated rings. The maximum Gasteiger partial charge on any atom is 0.253 e. The quantitative estimate of drug-likeness (QED) is 0.690. The molecule has 1 saturated heterocycles. The second-order valence-corrected chi connectivity index (χ2v) is 7.41. The fourth-order valence-electron chi connectivity index (χ4n) is 3.48. The number of amides is 1. The molecule has 144 valence electrons. The molecule has 1 aliphatic heterocycles. The highest BCUT2D eigenvalue weighted by Crippen LogP contribution is 2.27. The molecule has 0 unspecified atom stereocenters. The number of nitrogens with zero attached hydrogens (tertiary/aromatic N) is 5. The van der Waals surface area contributed by atoms with Crippen LogP contribution in [-0.4, -0.2) is 44.0 Å². The summed E-state index contributed by atoms with van der Waals surface area (Å²) in [6.07, 6.45) is 5.33. The Morgan fingerprint density at radius 2 is 2.04 bits per heavy atom. The van der Waals surface area contributed by atoms with Crippen LogP contribution in [0.2, 0.25) is 0 Å². The van der Waals surface area contributed by atoms with Gasteiger partial charge in [-0.3, -0.25) is 4.79 Å². The topological polar surface area (TPSA) is 85.0 Å². The molecule has 3 aromatic rings. The third-order valence-electron chi connectivity index (χ3n) is 5.06. The van der Waals surface area contributed by atoms with Crippen molar-refractivity contribution in [2.45, 2.75) is 38.5 Å². The minimum Gasteiger partial charge on any atom is -0.339 e. The molecule has 1 aromatic carbocycles. The van der Waals surface area contributed by atoms with E-state index >= 15 is 0 Å². The molecular weight excluding hydrogens is 354 g/mol. The van der Waals surface area contributed by atoms with E-state index in [9.17, 15) is 4.79 Å². The highest BCUT2D eigenvalue weighted by Gasteiger charge is 2.26. The molecule has 0 radical (unpaired) electrons. The van der Waals surface area contributed by atoms with E-state index in [0.29, 0.717) is 23.8 Å². The zero-order chi connectivity index (χ0) is 19.5. The average Bonchev–Trinajstić information content (AvgIpc) is 3.25. The predicted molar refractivity (Wildman–Crippen MR) is 104 cm³/mol. The van der Waals surface area contributed by atoms with Gasteiger partial charge in [0, 0.05) is 47.9 Å². The maximum atomic E-state index is 13.0. The van der Waals surface area contributed by atoms with E-state index in [0.717, 1.165) is 30.6 Å². The van der Waals surface area contributed by atoms with Crippen LogP contribution in [-0.2, 0) is 0 Å². The van der Waals surface area contributed by atoms with Crippen LogP contribution in [0.1, 0.15) is 60.5 Å². The third-order valence-corrected chi connectivity index (χ3v) is 5.06. The molecule has 28 heavy (non-hydrogen) atoms. The fraction of sp³-hybridized carbons (Fsp3) is 0.381. The number of aromatic nitrogens is 4. The van der Waals surface area contributed by atoms with Crippen LogP contribution in [0.5, 0.6) is 0 Å². The minimum atomic E-state index is 0.0429. The summed E-state index contributed by atoms with van der Waals surface area (Å²) in [5.41, 5.74) is 2.50. The largest absolute Gasteiger partial charge is 0.339 e. The molecule has 0 N–H and O–H groups in total. The van der Waals surface area contributed by atoms with Gasteiger partial charge in [-0.25, -0.2) is 9.97 Å². The van der Waals surface area contributed by atoms with Gasteiger partial charge in [0.15, 0.2) is 0 Å². The first kappa shape index (κ1) is 18.3. The van der Waals surface area contributed by atoms with Crippen molar-refractivity contribution in [1.82, 2.24) is 25.0 Å². The summed E-state index contributed by atoms with van der Waals surface area (Å²) < 4.78 is 5.26. The van der Waals surface area contributed by atoms with E-state index in [1.54, 1.807) is 12.5 Å². The van der Waals surface area contributed by atoms with Crippen molar-refractivity contribution < 1.29 is 9.32 Å². The summed E-state index contributed by atoms with van der Waals surface area (Å²) in [5.74, 6) is 1.64. The van der Waals surface area contributed by atoms with Crippen molar-refractivity contribution >= 4 is 5.91 Å². The second kappa shape index (κ2) is 7.88. The van der Waals surface area contributed by atoms with Gasteiger partial charge in [0.2, 0.25) is 11.7 Å². The lowest BCUT2D eigenvalue weighted by atomic mass is 9.94. The number of hydrogen-bond acceptors (Lipinski definition) is 6. The van der Waals surface area contributed by atoms with Gasteiger partial charge in [0.05, 0.1) is 0 Å². The average molecular weight is 377 g/mol. The Morgan fingerprint density at radius 1 is 1.21 bits per heavy atom. The van der Waals surface area contributed by atoms with Crippen LogP contribution in [0.3, 0.4) is 0 Å². The summed E-state index contributed by atoms with van der Waals surface area (Å²) in [6.45, 7) is 5.46. The molecule has 7 nitrogen and oxygen atoms in total. The van der Waals surface area contributed by atoms with Crippen molar-refractivity contribution in [2.75, 3.05) is 13.1 Å². The van der Waals surface area contributed by atoms with Gasteiger partial charge in [0.1, 0.15) is 6.33 Å². The lowest BCUT2D eigenvalue weighted by Crippen LogP contribution is -2.39. The SMILES string of the molecule is CC(C)c1nc(-c2ccc(C(=O)N3CCC[C@@H](c4ccncn4)C3)cc2)no1. The van der Waals surface area contributed by atoms with Crippen molar-refractivity contribution in [3.8, 4) is 11.4 Å². The molecule has 1 atom stereocenters. The van der Waals surface area contributed by atoms with Gasteiger partial charge in [-0.15, -0.1) is 0 Å². The number of carbonyl (C=O) groups is 1. The van der Waals surface area contributed by atoms with Gasteiger partial charge in [-0.1, -0.05) is 31.1 Å². The molecule has 1 aliphatic rings. The first-order valence-electron chi connectivity index (χ1n) is 9.61.